The number of hydrogen-bond donors (Lipinski definition) is 0. The highest BCUT2D eigenvalue weighted by Crippen LogP contribution is 2.21. The fraction of sp³-hybridized carbons (Fsp3) is 0.957. The SMILES string of the molecule is CCCCCCCCCCCCCCCCCC[CH]C(C)(C)C. The van der Waals surface area contributed by atoms with Gasteiger partial charge in [0.2, 0.25) is 0 Å². The summed E-state index contributed by atoms with van der Waals surface area (Å²) in [5, 5.41) is 0. The molecule has 139 valence electrons. The van der Waals surface area contributed by atoms with Crippen LogP contribution in [0.15, 0.2) is 0 Å². The fourth-order valence-corrected chi connectivity index (χ4v) is 3.23. The van der Waals surface area contributed by atoms with Crippen molar-refractivity contribution in [2.24, 2.45) is 5.41 Å². The van der Waals surface area contributed by atoms with Gasteiger partial charge in [0.15, 0.2) is 0 Å². The van der Waals surface area contributed by atoms with Crippen molar-refractivity contribution in [3.8, 4) is 0 Å². The summed E-state index contributed by atoms with van der Waals surface area (Å²) in [6, 6.07) is 0. The molecular formula is C23H47. The normalized spacial score (nSPS) is 12.0. The van der Waals surface area contributed by atoms with E-state index in [0.29, 0.717) is 5.41 Å². The Balaban J connectivity index is 3.00. The maximum Gasteiger partial charge on any atom is -0.0332 e. The van der Waals surface area contributed by atoms with Gasteiger partial charge in [-0.25, -0.2) is 0 Å². The Kier molecular flexibility index (Phi) is 16.8. The third-order valence-corrected chi connectivity index (χ3v) is 4.81. The van der Waals surface area contributed by atoms with Crippen LogP contribution < -0.4 is 0 Å². The predicted molar refractivity (Wildman–Crippen MR) is 108 cm³/mol. The zero-order valence-corrected chi connectivity index (χ0v) is 17.1. The minimum Gasteiger partial charge on any atom is -0.0654 e. The average molecular weight is 324 g/mol. The Hall–Kier alpha value is 0. The fourth-order valence-electron chi connectivity index (χ4n) is 3.23. The first-order valence-electron chi connectivity index (χ1n) is 10.9. The number of rotatable bonds is 17. The van der Waals surface area contributed by atoms with Gasteiger partial charge >= 0.3 is 0 Å². The maximum absolute atomic E-state index is 2.48. The molecule has 0 heteroatoms. The molecule has 0 amide bonds. The van der Waals surface area contributed by atoms with Gasteiger partial charge in [0.05, 0.1) is 0 Å². The maximum atomic E-state index is 2.48. The second kappa shape index (κ2) is 16.8. The molecule has 0 bridgehead atoms. The lowest BCUT2D eigenvalue weighted by Gasteiger charge is -2.16. The number of hydrogen-bond acceptors (Lipinski definition) is 0. The molecule has 0 aromatic heterocycles. The molecular weight excluding hydrogens is 276 g/mol. The Bertz CT molecular complexity index is 211. The molecule has 0 nitrogen and oxygen atoms in total. The van der Waals surface area contributed by atoms with Gasteiger partial charge in [-0.3, -0.25) is 0 Å². The van der Waals surface area contributed by atoms with Gasteiger partial charge in [-0.15, -0.1) is 0 Å². The molecule has 0 N–H and O–H groups in total. The lowest BCUT2D eigenvalue weighted by Crippen LogP contribution is -2.04. The third kappa shape index (κ3) is 22.0. The quantitative estimate of drug-likeness (QED) is 0.234. The van der Waals surface area contributed by atoms with Crippen molar-refractivity contribution in [3.05, 3.63) is 6.42 Å². The minimum atomic E-state index is 0.412. The summed E-state index contributed by atoms with van der Waals surface area (Å²) < 4.78 is 0. The van der Waals surface area contributed by atoms with Gasteiger partial charge in [0, 0.05) is 0 Å². The largest absolute Gasteiger partial charge is 0.0654 e. The first-order chi connectivity index (χ1) is 11.1. The molecule has 0 aromatic rings. The van der Waals surface area contributed by atoms with E-state index in [9.17, 15) is 0 Å². The molecule has 0 heterocycles. The van der Waals surface area contributed by atoms with Crippen LogP contribution >= 0.6 is 0 Å². The van der Waals surface area contributed by atoms with Crippen LogP contribution in [-0.2, 0) is 0 Å². The van der Waals surface area contributed by atoms with E-state index in [2.05, 4.69) is 34.1 Å². The van der Waals surface area contributed by atoms with Crippen molar-refractivity contribution in [2.75, 3.05) is 0 Å². The Labute approximate surface area is 149 Å². The van der Waals surface area contributed by atoms with Crippen LogP contribution in [0.3, 0.4) is 0 Å². The smallest absolute Gasteiger partial charge is 0.0332 e. The van der Waals surface area contributed by atoms with E-state index in [-0.39, 0.29) is 0 Å². The average Bonchev–Trinajstić information content (AvgIpc) is 2.49. The summed E-state index contributed by atoms with van der Waals surface area (Å²) in [6.07, 6.45) is 27.1. The Morgan fingerprint density at radius 1 is 0.478 bits per heavy atom. The van der Waals surface area contributed by atoms with Crippen molar-refractivity contribution in [2.45, 2.75) is 137 Å². The third-order valence-electron chi connectivity index (χ3n) is 4.81. The van der Waals surface area contributed by atoms with Crippen LogP contribution in [0.4, 0.5) is 0 Å². The van der Waals surface area contributed by atoms with Gasteiger partial charge in [-0.1, -0.05) is 130 Å². The van der Waals surface area contributed by atoms with Gasteiger partial charge < -0.3 is 0 Å². The van der Waals surface area contributed by atoms with Crippen molar-refractivity contribution in [3.63, 3.8) is 0 Å². The van der Waals surface area contributed by atoms with E-state index in [4.69, 9.17) is 0 Å². The molecule has 0 fully saturated rings. The molecule has 0 saturated heterocycles. The Morgan fingerprint density at radius 3 is 1.09 bits per heavy atom. The molecule has 0 unspecified atom stereocenters. The second-order valence-corrected chi connectivity index (χ2v) is 8.66. The van der Waals surface area contributed by atoms with E-state index in [0.717, 1.165) is 0 Å². The zero-order valence-electron chi connectivity index (χ0n) is 17.1. The molecule has 0 spiro atoms. The van der Waals surface area contributed by atoms with E-state index < -0.39 is 0 Å². The van der Waals surface area contributed by atoms with E-state index in [1.165, 1.54) is 109 Å². The van der Waals surface area contributed by atoms with Crippen molar-refractivity contribution in [1.29, 1.82) is 0 Å². The van der Waals surface area contributed by atoms with Gasteiger partial charge in [-0.05, 0) is 18.3 Å². The highest BCUT2D eigenvalue weighted by molar-refractivity contribution is 4.79. The molecule has 0 rings (SSSR count). The van der Waals surface area contributed by atoms with E-state index in [1.54, 1.807) is 0 Å². The van der Waals surface area contributed by atoms with Crippen LogP contribution in [0.25, 0.3) is 0 Å². The highest BCUT2D eigenvalue weighted by atomic mass is 14.1. The topological polar surface area (TPSA) is 0 Å². The molecule has 0 aliphatic rings. The summed E-state index contributed by atoms with van der Waals surface area (Å²) in [7, 11) is 0. The molecule has 0 aromatic carbocycles. The molecule has 0 saturated carbocycles. The Morgan fingerprint density at radius 2 is 0.783 bits per heavy atom. The van der Waals surface area contributed by atoms with Crippen molar-refractivity contribution in [1.82, 2.24) is 0 Å². The summed E-state index contributed by atoms with van der Waals surface area (Å²) >= 11 is 0. The van der Waals surface area contributed by atoms with Gasteiger partial charge in [-0.2, -0.15) is 0 Å². The molecule has 1 radical (unpaired) electrons. The second-order valence-electron chi connectivity index (χ2n) is 8.66. The van der Waals surface area contributed by atoms with Crippen LogP contribution in [0.1, 0.15) is 137 Å². The zero-order chi connectivity index (χ0) is 17.2. The van der Waals surface area contributed by atoms with E-state index in [1.807, 2.05) is 0 Å². The summed E-state index contributed by atoms with van der Waals surface area (Å²) in [5.74, 6) is 0. The van der Waals surface area contributed by atoms with Crippen molar-refractivity contribution < 1.29 is 0 Å². The monoisotopic (exact) mass is 323 g/mol. The summed E-state index contributed by atoms with van der Waals surface area (Å²) in [4.78, 5) is 0. The molecule has 23 heavy (non-hydrogen) atoms. The highest BCUT2D eigenvalue weighted by Gasteiger charge is 2.08. The van der Waals surface area contributed by atoms with E-state index >= 15 is 0 Å². The van der Waals surface area contributed by atoms with Gasteiger partial charge in [0.1, 0.15) is 0 Å². The van der Waals surface area contributed by atoms with Crippen molar-refractivity contribution >= 4 is 0 Å². The molecule has 0 atom stereocenters. The lowest BCUT2D eigenvalue weighted by atomic mass is 9.89. The molecule has 0 aliphatic heterocycles. The minimum absolute atomic E-state index is 0.412. The summed E-state index contributed by atoms with van der Waals surface area (Å²) in [5.41, 5.74) is 0.412. The lowest BCUT2D eigenvalue weighted by molar-refractivity contribution is 0.460. The molecule has 0 aliphatic carbocycles. The number of unbranched alkanes of at least 4 members (excludes halogenated alkanes) is 16. The first-order valence-corrected chi connectivity index (χ1v) is 10.9. The standard InChI is InChI=1S/C23H47/c1-5-6-7-8-9-10-11-12-13-14-15-16-17-18-19-20-21-22-23(2,3)4/h22H,5-21H2,1-4H3. The summed E-state index contributed by atoms with van der Waals surface area (Å²) in [6.45, 7) is 9.21. The predicted octanol–water partition coefficient (Wildman–Crippen LogP) is 8.89. The van der Waals surface area contributed by atoms with Crippen LogP contribution in [0.2, 0.25) is 0 Å². The van der Waals surface area contributed by atoms with Crippen LogP contribution in [0, 0.1) is 11.8 Å². The van der Waals surface area contributed by atoms with Crippen LogP contribution in [0.5, 0.6) is 0 Å². The van der Waals surface area contributed by atoms with Crippen LogP contribution in [-0.4, -0.2) is 0 Å². The van der Waals surface area contributed by atoms with Gasteiger partial charge in [0.25, 0.3) is 0 Å². The first kappa shape index (κ1) is 23.0.